The van der Waals surface area contributed by atoms with Gasteiger partial charge in [0.05, 0.1) is 10.9 Å². The van der Waals surface area contributed by atoms with Gasteiger partial charge in [-0.15, -0.1) is 0 Å². The molecule has 0 radical (unpaired) electrons. The number of nitrogens with zero attached hydrogens (tertiary/aromatic N) is 4. The Bertz CT molecular complexity index is 1410. The van der Waals surface area contributed by atoms with Crippen molar-refractivity contribution in [3.63, 3.8) is 0 Å². The van der Waals surface area contributed by atoms with E-state index >= 15 is 0 Å². The van der Waals surface area contributed by atoms with E-state index in [1.165, 1.54) is 0 Å². The highest BCUT2D eigenvalue weighted by Gasteiger charge is 2.25. The first-order chi connectivity index (χ1) is 16.9. The van der Waals surface area contributed by atoms with Gasteiger partial charge in [-0.05, 0) is 93.1 Å². The molecule has 5 rings (SSSR count). The highest BCUT2D eigenvalue weighted by Crippen LogP contribution is 2.27. The Morgan fingerprint density at radius 2 is 1.86 bits per heavy atom. The van der Waals surface area contributed by atoms with Gasteiger partial charge >= 0.3 is 0 Å². The number of hydrogen-bond donors (Lipinski definition) is 0. The fraction of sp³-hybridized carbons (Fsp3) is 0.345. The Morgan fingerprint density at radius 3 is 2.60 bits per heavy atom. The molecule has 180 valence electrons. The molecule has 1 aliphatic heterocycles. The van der Waals surface area contributed by atoms with E-state index in [9.17, 15) is 4.79 Å². The summed E-state index contributed by atoms with van der Waals surface area (Å²) in [4.78, 5) is 26.2. The van der Waals surface area contributed by atoms with E-state index in [-0.39, 0.29) is 5.56 Å². The molecule has 1 atom stereocenters. The van der Waals surface area contributed by atoms with Crippen molar-refractivity contribution in [2.75, 3.05) is 13.1 Å². The fourth-order valence-corrected chi connectivity index (χ4v) is 5.21. The van der Waals surface area contributed by atoms with E-state index in [0.717, 1.165) is 48.3 Å². The van der Waals surface area contributed by atoms with Crippen molar-refractivity contribution in [2.45, 2.75) is 46.2 Å². The molecule has 0 N–H and O–H groups in total. The minimum absolute atomic E-state index is 0.00691. The number of aromatic nitrogens is 3. The largest absolute Gasteiger partial charge is 0.301 e. The van der Waals surface area contributed by atoms with Crippen LogP contribution in [0.25, 0.3) is 33.5 Å². The van der Waals surface area contributed by atoms with Crippen molar-refractivity contribution < 1.29 is 0 Å². The van der Waals surface area contributed by atoms with Crippen LogP contribution in [0.15, 0.2) is 65.6 Å². The van der Waals surface area contributed by atoms with E-state index in [1.54, 1.807) is 6.20 Å². The van der Waals surface area contributed by atoms with Crippen LogP contribution in [0, 0.1) is 12.8 Å². The van der Waals surface area contributed by atoms with Crippen molar-refractivity contribution in [3.05, 3.63) is 81.7 Å². The van der Waals surface area contributed by atoms with Crippen LogP contribution in [0.5, 0.6) is 0 Å². The molecule has 0 amide bonds. The third-order valence-corrected chi connectivity index (χ3v) is 7.33. The molecule has 6 heteroatoms. The maximum atomic E-state index is 14.0. The SMILES string of the molecule is Cc1cccnc1-c1nc2ccc(-c3ccc(Cl)cc3)cc2c(=O)n1C[C@H]1CCCN(C(C)C)C1. The molecule has 3 heterocycles. The Hall–Kier alpha value is -3.02. The van der Waals surface area contributed by atoms with Gasteiger partial charge in [0.25, 0.3) is 5.56 Å². The minimum Gasteiger partial charge on any atom is -0.301 e. The number of rotatable bonds is 5. The standard InChI is InChI=1S/C29H31ClN4O/c1-19(2)33-15-5-7-21(17-33)18-34-28(27-20(3)6-4-14-31-27)32-26-13-10-23(16-25(26)29(34)35)22-8-11-24(30)12-9-22/h4,6,8-14,16,19,21H,5,7,15,17-18H2,1-3H3/t21-/m0/s1. The average Bonchev–Trinajstić information content (AvgIpc) is 2.86. The Morgan fingerprint density at radius 1 is 1.09 bits per heavy atom. The van der Waals surface area contributed by atoms with Crippen LogP contribution in [0.1, 0.15) is 32.3 Å². The highest BCUT2D eigenvalue weighted by atomic mass is 35.5. The summed E-state index contributed by atoms with van der Waals surface area (Å²) < 4.78 is 1.87. The van der Waals surface area contributed by atoms with Crippen LogP contribution in [0.4, 0.5) is 0 Å². The van der Waals surface area contributed by atoms with E-state index < -0.39 is 0 Å². The zero-order valence-electron chi connectivity index (χ0n) is 20.5. The van der Waals surface area contributed by atoms with Gasteiger partial charge in [-0.2, -0.15) is 0 Å². The smallest absolute Gasteiger partial charge is 0.261 e. The molecule has 1 fully saturated rings. The average molecular weight is 487 g/mol. The maximum Gasteiger partial charge on any atom is 0.261 e. The lowest BCUT2D eigenvalue weighted by Crippen LogP contribution is -2.42. The molecule has 0 spiro atoms. The number of halogens is 1. The second kappa shape index (κ2) is 9.92. The number of likely N-dealkylation sites (tertiary alicyclic amines) is 1. The fourth-order valence-electron chi connectivity index (χ4n) is 5.09. The van der Waals surface area contributed by atoms with Crippen LogP contribution < -0.4 is 5.56 Å². The van der Waals surface area contributed by atoms with Gasteiger partial charge in [-0.25, -0.2) is 4.98 Å². The van der Waals surface area contributed by atoms with Crippen LogP contribution >= 0.6 is 11.6 Å². The summed E-state index contributed by atoms with van der Waals surface area (Å²) in [6, 6.07) is 18.0. The van der Waals surface area contributed by atoms with E-state index in [2.05, 4.69) is 23.7 Å². The van der Waals surface area contributed by atoms with Crippen molar-refractivity contribution in [3.8, 4) is 22.6 Å². The van der Waals surface area contributed by atoms with Gasteiger partial charge in [0.2, 0.25) is 0 Å². The molecule has 0 aliphatic carbocycles. The molecule has 35 heavy (non-hydrogen) atoms. The number of hydrogen-bond acceptors (Lipinski definition) is 4. The van der Waals surface area contributed by atoms with Crippen LogP contribution in [0.2, 0.25) is 5.02 Å². The molecule has 0 bridgehead atoms. The summed E-state index contributed by atoms with van der Waals surface area (Å²) in [6.45, 7) is 9.26. The lowest BCUT2D eigenvalue weighted by Gasteiger charge is -2.35. The first kappa shape index (κ1) is 23.7. The van der Waals surface area contributed by atoms with Crippen LogP contribution in [-0.4, -0.2) is 38.6 Å². The first-order valence-electron chi connectivity index (χ1n) is 12.4. The maximum absolute atomic E-state index is 14.0. The van der Waals surface area contributed by atoms with Crippen molar-refractivity contribution in [2.24, 2.45) is 5.92 Å². The van der Waals surface area contributed by atoms with Crippen molar-refractivity contribution >= 4 is 22.5 Å². The number of aryl methyl sites for hydroxylation is 1. The molecule has 2 aromatic carbocycles. The lowest BCUT2D eigenvalue weighted by molar-refractivity contribution is 0.130. The second-order valence-electron chi connectivity index (χ2n) is 9.86. The summed E-state index contributed by atoms with van der Waals surface area (Å²) in [5.74, 6) is 1.05. The molecule has 0 saturated carbocycles. The first-order valence-corrected chi connectivity index (χ1v) is 12.7. The number of pyridine rings is 1. The van der Waals surface area contributed by atoms with Gasteiger partial charge < -0.3 is 4.90 Å². The molecular weight excluding hydrogens is 456 g/mol. The zero-order valence-corrected chi connectivity index (χ0v) is 21.3. The van der Waals surface area contributed by atoms with Crippen molar-refractivity contribution in [1.82, 2.24) is 19.4 Å². The second-order valence-corrected chi connectivity index (χ2v) is 10.3. The molecule has 1 saturated heterocycles. The molecule has 0 unspecified atom stereocenters. The quantitative estimate of drug-likeness (QED) is 0.336. The zero-order chi connectivity index (χ0) is 24.5. The summed E-state index contributed by atoms with van der Waals surface area (Å²) in [6.07, 6.45) is 4.03. The molecule has 4 aromatic rings. The predicted molar refractivity (Wildman–Crippen MR) is 144 cm³/mol. The Labute approximate surface area is 211 Å². The Kier molecular flexibility index (Phi) is 6.72. The van der Waals surface area contributed by atoms with Gasteiger partial charge in [-0.1, -0.05) is 35.9 Å². The summed E-state index contributed by atoms with van der Waals surface area (Å²) in [5.41, 5.74) is 4.46. The van der Waals surface area contributed by atoms with Gasteiger partial charge in [0.1, 0.15) is 5.69 Å². The molecule has 1 aliphatic rings. The molecular formula is C29H31ClN4O. The number of fused-ring (bicyclic) bond motifs is 1. The highest BCUT2D eigenvalue weighted by molar-refractivity contribution is 6.30. The molecule has 5 nitrogen and oxygen atoms in total. The third kappa shape index (κ3) is 4.89. The number of benzene rings is 2. The predicted octanol–water partition coefficient (Wildman–Crippen LogP) is 6.21. The summed E-state index contributed by atoms with van der Waals surface area (Å²) >= 11 is 6.08. The summed E-state index contributed by atoms with van der Waals surface area (Å²) in [5, 5.41) is 1.32. The van der Waals surface area contributed by atoms with Gasteiger partial charge in [-0.3, -0.25) is 14.3 Å². The minimum atomic E-state index is -0.00691. The van der Waals surface area contributed by atoms with Crippen molar-refractivity contribution in [1.29, 1.82) is 0 Å². The third-order valence-electron chi connectivity index (χ3n) is 7.07. The molecule has 2 aromatic heterocycles. The van der Waals surface area contributed by atoms with Gasteiger partial charge in [0, 0.05) is 30.4 Å². The topological polar surface area (TPSA) is 51.0 Å². The summed E-state index contributed by atoms with van der Waals surface area (Å²) in [7, 11) is 0. The normalized spacial score (nSPS) is 16.8. The van der Waals surface area contributed by atoms with Crippen LogP contribution in [0.3, 0.4) is 0 Å². The van der Waals surface area contributed by atoms with Crippen LogP contribution in [-0.2, 0) is 6.54 Å². The lowest BCUT2D eigenvalue weighted by atomic mass is 9.96. The monoisotopic (exact) mass is 486 g/mol. The van der Waals surface area contributed by atoms with E-state index in [1.807, 2.05) is 66.1 Å². The van der Waals surface area contributed by atoms with E-state index in [0.29, 0.717) is 40.3 Å². The van der Waals surface area contributed by atoms with Gasteiger partial charge in [0.15, 0.2) is 5.82 Å². The Balaban J connectivity index is 1.64. The van der Waals surface area contributed by atoms with E-state index in [4.69, 9.17) is 16.6 Å². The number of piperidine rings is 1.